The van der Waals surface area contributed by atoms with Gasteiger partial charge in [-0.2, -0.15) is 4.52 Å². The Morgan fingerprint density at radius 2 is 1.87 bits per heavy atom. The summed E-state index contributed by atoms with van der Waals surface area (Å²) in [5.41, 5.74) is 4.82. The Bertz CT molecular complexity index is 827. The third-order valence-electron chi connectivity index (χ3n) is 4.23. The van der Waals surface area contributed by atoms with Crippen LogP contribution in [-0.4, -0.2) is 26.4 Å². The third kappa shape index (κ3) is 3.04. The predicted molar refractivity (Wildman–Crippen MR) is 90.9 cm³/mol. The number of nitrogens with zero attached hydrogens (tertiary/aromatic N) is 4. The van der Waals surface area contributed by atoms with Crippen LogP contribution in [-0.2, 0) is 6.42 Å². The normalized spacial score (nSPS) is 14.3. The zero-order chi connectivity index (χ0) is 15.8. The molecule has 0 spiro atoms. The summed E-state index contributed by atoms with van der Waals surface area (Å²) in [5, 5.41) is 16.5. The molecule has 1 fully saturated rings. The molecule has 0 radical (unpaired) electrons. The maximum absolute atomic E-state index is 4.64. The Kier molecular flexibility index (Phi) is 3.48. The van der Waals surface area contributed by atoms with Crippen LogP contribution < -0.4 is 5.32 Å². The van der Waals surface area contributed by atoms with E-state index in [1.54, 1.807) is 0 Å². The van der Waals surface area contributed by atoms with Crippen molar-refractivity contribution >= 4 is 11.5 Å². The van der Waals surface area contributed by atoms with Gasteiger partial charge in [0.05, 0.1) is 0 Å². The summed E-state index contributed by atoms with van der Waals surface area (Å²) in [6.45, 7) is 5.15. The molecule has 118 valence electrons. The summed E-state index contributed by atoms with van der Waals surface area (Å²) in [6, 6.07) is 10.7. The summed E-state index contributed by atoms with van der Waals surface area (Å²) in [7, 11) is 0. The fourth-order valence-corrected chi connectivity index (χ4v) is 3.04. The summed E-state index contributed by atoms with van der Waals surface area (Å²) in [6.07, 6.45) is 3.39. The molecule has 1 N–H and O–H groups in total. The van der Waals surface area contributed by atoms with Gasteiger partial charge in [-0.3, -0.25) is 0 Å². The van der Waals surface area contributed by atoms with Crippen molar-refractivity contribution in [1.29, 1.82) is 0 Å². The largest absolute Gasteiger partial charge is 0.368 e. The Labute approximate surface area is 135 Å². The van der Waals surface area contributed by atoms with Gasteiger partial charge in [0.25, 0.3) is 0 Å². The quantitative estimate of drug-likeness (QED) is 0.786. The van der Waals surface area contributed by atoms with E-state index in [-0.39, 0.29) is 0 Å². The molecule has 23 heavy (non-hydrogen) atoms. The molecule has 1 saturated carbocycles. The topological polar surface area (TPSA) is 55.1 Å². The fraction of sp³-hybridized carbons (Fsp3) is 0.389. The second-order valence-corrected chi connectivity index (χ2v) is 6.49. The zero-order valence-electron chi connectivity index (χ0n) is 13.6. The Morgan fingerprint density at radius 1 is 1.09 bits per heavy atom. The fourth-order valence-electron chi connectivity index (χ4n) is 3.04. The first kappa shape index (κ1) is 14.2. The highest BCUT2D eigenvalue weighted by Crippen LogP contribution is 2.38. The number of nitrogens with one attached hydrogen (secondary N) is 1. The number of aromatic nitrogens is 4. The van der Waals surface area contributed by atoms with Crippen molar-refractivity contribution in [2.45, 2.75) is 39.0 Å². The van der Waals surface area contributed by atoms with Crippen molar-refractivity contribution in [3.8, 4) is 0 Å². The van der Waals surface area contributed by atoms with Crippen molar-refractivity contribution < 1.29 is 0 Å². The maximum atomic E-state index is 4.64. The molecule has 1 aliphatic carbocycles. The number of benzene rings is 1. The lowest BCUT2D eigenvalue weighted by Crippen LogP contribution is -2.09. The van der Waals surface area contributed by atoms with Gasteiger partial charge < -0.3 is 5.32 Å². The second kappa shape index (κ2) is 5.65. The molecule has 4 rings (SSSR count). The summed E-state index contributed by atoms with van der Waals surface area (Å²) >= 11 is 0. The van der Waals surface area contributed by atoms with E-state index in [0.29, 0.717) is 5.92 Å². The first-order valence-corrected chi connectivity index (χ1v) is 8.22. The molecule has 5 nitrogen and oxygen atoms in total. The molecule has 0 aliphatic heterocycles. The number of anilines is 1. The lowest BCUT2D eigenvalue weighted by atomic mass is 10.1. The van der Waals surface area contributed by atoms with E-state index < -0.39 is 0 Å². The summed E-state index contributed by atoms with van der Waals surface area (Å²) in [4.78, 5) is 0. The zero-order valence-corrected chi connectivity index (χ0v) is 13.6. The van der Waals surface area contributed by atoms with E-state index in [4.69, 9.17) is 0 Å². The van der Waals surface area contributed by atoms with Gasteiger partial charge in [0.2, 0.25) is 0 Å². The van der Waals surface area contributed by atoms with Gasteiger partial charge in [0, 0.05) is 12.5 Å². The van der Waals surface area contributed by atoms with Crippen LogP contribution in [0, 0.1) is 13.8 Å². The van der Waals surface area contributed by atoms with Gasteiger partial charge in [-0.25, -0.2) is 0 Å². The molecule has 1 aliphatic rings. The van der Waals surface area contributed by atoms with Gasteiger partial charge in [-0.05, 0) is 50.8 Å². The van der Waals surface area contributed by atoms with Gasteiger partial charge in [-0.15, -0.1) is 15.3 Å². The van der Waals surface area contributed by atoms with Crippen molar-refractivity contribution in [2.75, 3.05) is 11.9 Å². The van der Waals surface area contributed by atoms with Gasteiger partial charge >= 0.3 is 0 Å². The molecule has 2 aromatic heterocycles. The highest BCUT2D eigenvalue weighted by Gasteiger charge is 2.29. The molecular weight excluding hydrogens is 286 g/mol. The second-order valence-electron chi connectivity index (χ2n) is 6.49. The average molecular weight is 307 g/mol. The average Bonchev–Trinajstić information content (AvgIpc) is 3.26. The number of rotatable bonds is 5. The maximum Gasteiger partial charge on any atom is 0.178 e. The van der Waals surface area contributed by atoms with Crippen molar-refractivity contribution in [3.05, 3.63) is 52.8 Å². The summed E-state index contributed by atoms with van der Waals surface area (Å²) < 4.78 is 1.89. The van der Waals surface area contributed by atoms with Crippen LogP contribution in [0.25, 0.3) is 5.65 Å². The molecular formula is C18H21N5. The predicted octanol–water partition coefficient (Wildman–Crippen LogP) is 3.27. The van der Waals surface area contributed by atoms with Crippen LogP contribution in [0.1, 0.15) is 41.3 Å². The minimum atomic E-state index is 0.544. The molecule has 2 heterocycles. The lowest BCUT2D eigenvalue weighted by Gasteiger charge is -2.08. The van der Waals surface area contributed by atoms with Gasteiger partial charge in [0.15, 0.2) is 11.5 Å². The lowest BCUT2D eigenvalue weighted by molar-refractivity contribution is 0.813. The third-order valence-corrected chi connectivity index (χ3v) is 4.23. The van der Waals surface area contributed by atoms with Crippen LogP contribution >= 0.6 is 0 Å². The minimum Gasteiger partial charge on any atom is -0.368 e. The highest BCUT2D eigenvalue weighted by atomic mass is 15.4. The van der Waals surface area contributed by atoms with Crippen molar-refractivity contribution in [2.24, 2.45) is 0 Å². The monoisotopic (exact) mass is 307 g/mol. The van der Waals surface area contributed by atoms with Crippen LogP contribution in [0.2, 0.25) is 0 Å². The van der Waals surface area contributed by atoms with Crippen molar-refractivity contribution in [3.63, 3.8) is 0 Å². The molecule has 5 heteroatoms. The number of fused-ring (bicyclic) bond motifs is 1. The first-order valence-electron chi connectivity index (χ1n) is 8.22. The van der Waals surface area contributed by atoms with Gasteiger partial charge in [0.1, 0.15) is 5.82 Å². The molecule has 0 bridgehead atoms. The van der Waals surface area contributed by atoms with Crippen LogP contribution in [0.3, 0.4) is 0 Å². The van der Waals surface area contributed by atoms with E-state index in [1.807, 2.05) is 16.6 Å². The minimum absolute atomic E-state index is 0.544. The Morgan fingerprint density at radius 3 is 2.61 bits per heavy atom. The molecule has 0 saturated heterocycles. The number of aryl methyl sites for hydroxylation is 2. The van der Waals surface area contributed by atoms with E-state index in [9.17, 15) is 0 Å². The van der Waals surface area contributed by atoms with E-state index in [2.05, 4.69) is 52.7 Å². The van der Waals surface area contributed by atoms with Crippen LogP contribution in [0.15, 0.2) is 30.3 Å². The van der Waals surface area contributed by atoms with Gasteiger partial charge in [-0.1, -0.05) is 29.3 Å². The molecule has 0 atom stereocenters. The first-order chi connectivity index (χ1) is 11.2. The molecule has 1 aromatic carbocycles. The smallest absolute Gasteiger partial charge is 0.178 e. The van der Waals surface area contributed by atoms with E-state index in [1.165, 1.54) is 29.5 Å². The molecule has 0 amide bonds. The molecule has 3 aromatic rings. The SMILES string of the molecule is Cc1cc(C)cc(CCNc2ccc3nnc(C4CC4)n3n2)c1. The molecule has 0 unspecified atom stereocenters. The van der Waals surface area contributed by atoms with E-state index >= 15 is 0 Å². The van der Waals surface area contributed by atoms with E-state index in [0.717, 1.165) is 30.3 Å². The number of hydrogen-bond acceptors (Lipinski definition) is 4. The van der Waals surface area contributed by atoms with Crippen LogP contribution in [0.4, 0.5) is 5.82 Å². The van der Waals surface area contributed by atoms with Crippen molar-refractivity contribution in [1.82, 2.24) is 19.8 Å². The Hall–Kier alpha value is -2.43. The number of hydrogen-bond donors (Lipinski definition) is 1. The summed E-state index contributed by atoms with van der Waals surface area (Å²) in [5.74, 6) is 2.42. The standard InChI is InChI=1S/C18H21N5/c1-12-9-13(2)11-14(10-12)7-8-19-16-5-6-17-20-21-18(15-3-4-15)23(17)22-16/h5-6,9-11,15H,3-4,7-8H2,1-2H3,(H,19,22). The van der Waals surface area contributed by atoms with Crippen LogP contribution in [0.5, 0.6) is 0 Å². The highest BCUT2D eigenvalue weighted by molar-refractivity contribution is 5.44. The Balaban J connectivity index is 1.46.